The van der Waals surface area contributed by atoms with Gasteiger partial charge in [-0.25, -0.2) is 4.98 Å². The van der Waals surface area contributed by atoms with Crippen molar-refractivity contribution >= 4 is 0 Å². The molecule has 2 N–H and O–H groups in total. The molecule has 2 unspecified atom stereocenters. The van der Waals surface area contributed by atoms with Crippen molar-refractivity contribution in [2.45, 2.75) is 85.0 Å². The van der Waals surface area contributed by atoms with Crippen LogP contribution in [0.15, 0.2) is 42.5 Å². The van der Waals surface area contributed by atoms with E-state index in [9.17, 15) is 26.3 Å². The molecule has 0 radical (unpaired) electrons. The second-order valence-corrected chi connectivity index (χ2v) is 11.7. The minimum absolute atomic E-state index is 0.0362. The van der Waals surface area contributed by atoms with Crippen LogP contribution in [0, 0.1) is 11.8 Å². The highest BCUT2D eigenvalue weighted by molar-refractivity contribution is 5.78. The van der Waals surface area contributed by atoms with Crippen LogP contribution in [0.1, 0.15) is 84.0 Å². The fraction of sp³-hybridized carbons (Fsp3) is 0.500. The number of nitrogens with zero attached hydrogens (tertiary/aromatic N) is 3. The average Bonchev–Trinajstić information content (AvgIpc) is 3.75. The number of halogens is 6. The highest BCUT2D eigenvalue weighted by Crippen LogP contribution is 2.39. The van der Waals surface area contributed by atoms with Gasteiger partial charge in [0, 0.05) is 11.6 Å². The van der Waals surface area contributed by atoms with Crippen LogP contribution in [-0.4, -0.2) is 38.6 Å². The van der Waals surface area contributed by atoms with E-state index < -0.39 is 23.7 Å². The zero-order valence-electron chi connectivity index (χ0n) is 27.0. The van der Waals surface area contributed by atoms with Gasteiger partial charge < -0.3 is 9.47 Å². The normalized spacial score (nSPS) is 13.5. The minimum Gasteiger partial charge on any atom is -0.493 e. The summed E-state index contributed by atoms with van der Waals surface area (Å²) in [4.78, 5) is 4.39. The third-order valence-electron chi connectivity index (χ3n) is 8.16. The Kier molecular flexibility index (Phi) is 12.0. The number of aromatic amines is 2. The Hall–Kier alpha value is -4.03. The molecule has 7 nitrogen and oxygen atoms in total. The molecule has 0 amide bonds. The topological polar surface area (TPSA) is 88.7 Å². The molecule has 0 fully saturated rings. The largest absolute Gasteiger partial charge is 0.493 e. The molecule has 0 aliphatic carbocycles. The lowest BCUT2D eigenvalue weighted by Crippen LogP contribution is -2.13. The second-order valence-electron chi connectivity index (χ2n) is 11.7. The van der Waals surface area contributed by atoms with Crippen LogP contribution in [0.25, 0.3) is 33.9 Å². The van der Waals surface area contributed by atoms with Gasteiger partial charge in [-0.05, 0) is 66.6 Å². The van der Waals surface area contributed by atoms with E-state index in [-0.39, 0.29) is 28.7 Å². The summed E-state index contributed by atoms with van der Waals surface area (Å²) in [5.41, 5.74) is -1.34. The van der Waals surface area contributed by atoms with Crippen molar-refractivity contribution < 1.29 is 35.8 Å². The van der Waals surface area contributed by atoms with Crippen LogP contribution >= 0.6 is 0 Å². The molecule has 0 saturated carbocycles. The molecule has 4 aromatic rings. The molecule has 0 aliphatic heterocycles. The molecule has 0 saturated heterocycles. The highest BCUT2D eigenvalue weighted by Gasteiger charge is 2.35. The maximum atomic E-state index is 13.4. The molecule has 1 aromatic carbocycles. The second kappa shape index (κ2) is 15.7. The van der Waals surface area contributed by atoms with Gasteiger partial charge in [0.2, 0.25) is 0 Å². The van der Waals surface area contributed by atoms with E-state index in [0.29, 0.717) is 41.8 Å². The molecule has 0 bridgehead atoms. The van der Waals surface area contributed by atoms with Crippen LogP contribution in [0.2, 0.25) is 0 Å². The maximum Gasteiger partial charge on any atom is 0.435 e. The molecule has 2 atom stereocenters. The molecule has 3 heterocycles. The maximum absolute atomic E-state index is 13.4. The first-order valence-corrected chi connectivity index (χ1v) is 16.0. The van der Waals surface area contributed by atoms with Crippen LogP contribution < -0.4 is 9.47 Å². The predicted molar refractivity (Wildman–Crippen MR) is 168 cm³/mol. The molecule has 256 valence electrons. The fourth-order valence-corrected chi connectivity index (χ4v) is 5.24. The van der Waals surface area contributed by atoms with Gasteiger partial charge in [0.15, 0.2) is 11.4 Å². The summed E-state index contributed by atoms with van der Waals surface area (Å²) in [5.74, 6) is 1.76. The number of nitrogens with one attached hydrogen (secondary N) is 2. The quantitative estimate of drug-likeness (QED) is 0.116. The van der Waals surface area contributed by atoms with E-state index in [1.165, 1.54) is 0 Å². The van der Waals surface area contributed by atoms with Crippen molar-refractivity contribution in [2.75, 3.05) is 13.2 Å². The van der Waals surface area contributed by atoms with E-state index in [4.69, 9.17) is 9.47 Å². The molecular formula is C34H41F6N5O2. The molecule has 0 spiro atoms. The Morgan fingerprint density at radius 1 is 0.681 bits per heavy atom. The van der Waals surface area contributed by atoms with Crippen molar-refractivity contribution in [1.82, 2.24) is 25.4 Å². The summed E-state index contributed by atoms with van der Waals surface area (Å²) < 4.78 is 92.9. The Balaban J connectivity index is 1.81. The summed E-state index contributed by atoms with van der Waals surface area (Å²) >= 11 is 0. The predicted octanol–water partition coefficient (Wildman–Crippen LogP) is 10.4. The van der Waals surface area contributed by atoms with Gasteiger partial charge in [-0.1, -0.05) is 59.8 Å². The van der Waals surface area contributed by atoms with E-state index in [2.05, 4.69) is 53.1 Å². The lowest BCUT2D eigenvalue weighted by Gasteiger charge is -2.20. The van der Waals surface area contributed by atoms with Crippen LogP contribution in [0.4, 0.5) is 26.3 Å². The number of rotatable bonds is 16. The number of ether oxygens (including phenoxy) is 2. The molecule has 47 heavy (non-hydrogen) atoms. The Bertz CT molecular complexity index is 1510. The number of aromatic nitrogens is 5. The number of H-pyrrole nitrogens is 2. The summed E-state index contributed by atoms with van der Waals surface area (Å²) in [7, 11) is 0. The Morgan fingerprint density at radius 2 is 1.23 bits per heavy atom. The first-order valence-electron chi connectivity index (χ1n) is 16.0. The average molecular weight is 666 g/mol. The zero-order valence-corrected chi connectivity index (χ0v) is 27.0. The van der Waals surface area contributed by atoms with Crippen LogP contribution in [-0.2, 0) is 12.4 Å². The number of pyridine rings is 1. The van der Waals surface area contributed by atoms with Gasteiger partial charge in [0.05, 0.1) is 36.0 Å². The third kappa shape index (κ3) is 9.51. The van der Waals surface area contributed by atoms with E-state index in [1.807, 2.05) is 0 Å². The number of benzene rings is 1. The molecule has 0 aliphatic rings. The van der Waals surface area contributed by atoms with Crippen molar-refractivity contribution in [3.05, 3.63) is 53.9 Å². The Labute approximate surface area is 270 Å². The van der Waals surface area contributed by atoms with Gasteiger partial charge in [-0.2, -0.15) is 36.5 Å². The molecule has 13 heteroatoms. The van der Waals surface area contributed by atoms with Gasteiger partial charge >= 0.3 is 12.4 Å². The van der Waals surface area contributed by atoms with Gasteiger partial charge in [-0.15, -0.1) is 0 Å². The smallest absolute Gasteiger partial charge is 0.435 e. The number of hydrogen-bond acceptors (Lipinski definition) is 5. The van der Waals surface area contributed by atoms with Gasteiger partial charge in [0.1, 0.15) is 11.5 Å². The summed E-state index contributed by atoms with van der Waals surface area (Å²) in [6, 6.07) is 10.0. The van der Waals surface area contributed by atoms with Crippen molar-refractivity contribution in [1.29, 1.82) is 0 Å². The number of alkyl halides is 6. The van der Waals surface area contributed by atoms with Gasteiger partial charge in [-0.3, -0.25) is 10.2 Å². The Morgan fingerprint density at radius 3 is 1.72 bits per heavy atom. The summed E-state index contributed by atoms with van der Waals surface area (Å²) in [5, 5.41) is 11.5. The monoisotopic (exact) mass is 665 g/mol. The lowest BCUT2D eigenvalue weighted by atomic mass is 10.00. The standard InChI is InChI=1S/C34H41F6N5O2/c1-5-9-11-22(8-4)19-46-24-12-13-25(30(16-24)47-20-21(7-3)10-6-2)23-14-26(28-17-31(44-42-28)33(35,36)37)41-27(15-23)29-18-32(45-43-29)34(38,39)40/h12-18,21-22H,5-11,19-20H2,1-4H3,(H,42,44)(H,43,45). The minimum atomic E-state index is -4.71. The van der Waals surface area contributed by atoms with Gasteiger partial charge in [0.25, 0.3) is 0 Å². The van der Waals surface area contributed by atoms with E-state index in [0.717, 1.165) is 57.1 Å². The van der Waals surface area contributed by atoms with Crippen LogP contribution in [0.5, 0.6) is 11.5 Å². The van der Waals surface area contributed by atoms with E-state index in [1.54, 1.807) is 30.3 Å². The number of hydrogen-bond donors (Lipinski definition) is 2. The first-order chi connectivity index (χ1) is 22.4. The number of unbranched alkanes of at least 4 members (excludes halogenated alkanes) is 1. The zero-order chi connectivity index (χ0) is 34.2. The summed E-state index contributed by atoms with van der Waals surface area (Å²) in [6.07, 6.45) is -2.32. The fourth-order valence-electron chi connectivity index (χ4n) is 5.24. The van der Waals surface area contributed by atoms with Crippen molar-refractivity contribution in [3.63, 3.8) is 0 Å². The lowest BCUT2D eigenvalue weighted by molar-refractivity contribution is -0.142. The van der Waals surface area contributed by atoms with Crippen LogP contribution in [0.3, 0.4) is 0 Å². The highest BCUT2D eigenvalue weighted by atomic mass is 19.4. The third-order valence-corrected chi connectivity index (χ3v) is 8.16. The molecular weight excluding hydrogens is 624 g/mol. The van der Waals surface area contributed by atoms with E-state index >= 15 is 0 Å². The molecule has 3 aromatic heterocycles. The van der Waals surface area contributed by atoms with Crippen molar-refractivity contribution in [3.8, 4) is 45.4 Å². The first kappa shape index (κ1) is 35.8. The SMILES string of the molecule is CCCCC(CC)COc1ccc(-c2cc(-c3cc(C(F)(F)F)n[nH]3)nc(-c3cc(C(F)(F)F)n[nH]3)c2)c(OCC(CC)CCC)c1. The summed E-state index contributed by atoms with van der Waals surface area (Å²) in [6.45, 7) is 9.43. The van der Waals surface area contributed by atoms with Crippen molar-refractivity contribution in [2.24, 2.45) is 11.8 Å². The molecule has 4 rings (SSSR count).